The third kappa shape index (κ3) is 4.38. The fourth-order valence-electron chi connectivity index (χ4n) is 2.35. The number of rotatable bonds is 4. The summed E-state index contributed by atoms with van der Waals surface area (Å²) in [6.07, 6.45) is -4.70. The van der Waals surface area contributed by atoms with E-state index in [2.05, 4.69) is 4.74 Å². The lowest BCUT2D eigenvalue weighted by molar-refractivity contribution is -0.274. The molecule has 0 bridgehead atoms. The smallest absolute Gasteiger partial charge is 0.455 e. The minimum atomic E-state index is -4.70. The number of ether oxygens (including phenoxy) is 2. The first kappa shape index (κ1) is 17.5. The van der Waals surface area contributed by atoms with Gasteiger partial charge in [0.05, 0.1) is 5.69 Å². The van der Waals surface area contributed by atoms with Crippen molar-refractivity contribution in [1.29, 1.82) is 0 Å². The molecule has 7 heteroatoms. The van der Waals surface area contributed by atoms with Gasteiger partial charge in [-0.25, -0.2) is 0 Å². The van der Waals surface area contributed by atoms with Gasteiger partial charge in [0.2, 0.25) is 0 Å². The number of alkyl halides is 3. The molecule has 3 aromatic rings. The number of nitrogens with two attached hydrogens (primary N) is 2. The molecule has 0 saturated heterocycles. The van der Waals surface area contributed by atoms with Crippen molar-refractivity contribution >= 4 is 11.4 Å². The molecule has 0 heterocycles. The number of anilines is 2. The lowest BCUT2D eigenvalue weighted by atomic mass is 10.1. The van der Waals surface area contributed by atoms with Crippen LogP contribution in [-0.4, -0.2) is 6.36 Å². The van der Waals surface area contributed by atoms with E-state index in [1.54, 1.807) is 54.6 Å². The minimum absolute atomic E-state index is 0.264. The highest BCUT2D eigenvalue weighted by Crippen LogP contribution is 2.31. The summed E-state index contributed by atoms with van der Waals surface area (Å²) in [6, 6.07) is 17.7. The van der Waals surface area contributed by atoms with Crippen LogP contribution in [0.1, 0.15) is 0 Å². The molecule has 0 aliphatic heterocycles. The first-order chi connectivity index (χ1) is 12.3. The summed E-state index contributed by atoms with van der Waals surface area (Å²) in [5.41, 5.74) is 14.0. The lowest BCUT2D eigenvalue weighted by Crippen LogP contribution is -2.16. The molecule has 26 heavy (non-hydrogen) atoms. The van der Waals surface area contributed by atoms with Gasteiger partial charge in [0.1, 0.15) is 17.2 Å². The number of hydrogen-bond donors (Lipinski definition) is 2. The monoisotopic (exact) mass is 360 g/mol. The molecule has 134 valence electrons. The number of hydrogen-bond acceptors (Lipinski definition) is 4. The first-order valence-electron chi connectivity index (χ1n) is 7.59. The maximum absolute atomic E-state index is 12.2. The minimum Gasteiger partial charge on any atom is -0.455 e. The van der Waals surface area contributed by atoms with Gasteiger partial charge in [-0.3, -0.25) is 0 Å². The second-order valence-electron chi connectivity index (χ2n) is 5.50. The topological polar surface area (TPSA) is 70.5 Å². The molecule has 3 aromatic carbocycles. The maximum Gasteiger partial charge on any atom is 0.573 e. The largest absolute Gasteiger partial charge is 0.573 e. The summed E-state index contributed by atoms with van der Waals surface area (Å²) in [4.78, 5) is 0. The average Bonchev–Trinajstić information content (AvgIpc) is 2.57. The van der Waals surface area contributed by atoms with Gasteiger partial charge >= 0.3 is 6.36 Å². The predicted molar refractivity (Wildman–Crippen MR) is 93.9 cm³/mol. The molecule has 0 aliphatic rings. The molecular weight excluding hydrogens is 345 g/mol. The van der Waals surface area contributed by atoms with Crippen LogP contribution in [0.3, 0.4) is 0 Å². The van der Waals surface area contributed by atoms with Gasteiger partial charge in [0.15, 0.2) is 0 Å². The molecule has 4 nitrogen and oxygen atoms in total. The SMILES string of the molecule is Nc1ccc(Oc2ccc(-c3ccc(OC(F)(F)F)cc3)cc2)c(N)c1. The standard InChI is InChI=1S/C19H15F3N2O2/c20-19(21,22)26-16-8-3-13(4-9-16)12-1-6-15(7-2-12)25-18-10-5-14(23)11-17(18)24/h1-11H,23-24H2. The van der Waals surface area contributed by atoms with E-state index >= 15 is 0 Å². The van der Waals surface area contributed by atoms with Crippen molar-refractivity contribution in [2.75, 3.05) is 11.5 Å². The van der Waals surface area contributed by atoms with Crippen molar-refractivity contribution in [3.05, 3.63) is 66.7 Å². The van der Waals surface area contributed by atoms with Crippen molar-refractivity contribution in [2.45, 2.75) is 6.36 Å². The predicted octanol–water partition coefficient (Wildman–Crippen LogP) is 5.21. The Labute approximate surface area is 147 Å². The van der Waals surface area contributed by atoms with Crippen LogP contribution in [0.25, 0.3) is 11.1 Å². The highest BCUT2D eigenvalue weighted by atomic mass is 19.4. The maximum atomic E-state index is 12.2. The molecule has 0 fully saturated rings. The Balaban J connectivity index is 1.73. The zero-order valence-electron chi connectivity index (χ0n) is 13.5. The Morgan fingerprint density at radius 3 is 1.73 bits per heavy atom. The fourth-order valence-corrected chi connectivity index (χ4v) is 2.35. The van der Waals surface area contributed by atoms with Crippen LogP contribution in [0.5, 0.6) is 17.2 Å². The van der Waals surface area contributed by atoms with E-state index in [1.165, 1.54) is 12.1 Å². The first-order valence-corrected chi connectivity index (χ1v) is 7.59. The number of nitrogen functional groups attached to an aromatic ring is 2. The molecule has 0 saturated carbocycles. The van der Waals surface area contributed by atoms with E-state index in [-0.39, 0.29) is 5.75 Å². The van der Waals surface area contributed by atoms with Crippen molar-refractivity contribution in [3.63, 3.8) is 0 Å². The molecular formula is C19H15F3N2O2. The fraction of sp³-hybridized carbons (Fsp3) is 0.0526. The van der Waals surface area contributed by atoms with Crippen LogP contribution in [0.4, 0.5) is 24.5 Å². The van der Waals surface area contributed by atoms with Crippen molar-refractivity contribution in [2.24, 2.45) is 0 Å². The van der Waals surface area contributed by atoms with Crippen LogP contribution < -0.4 is 20.9 Å². The van der Waals surface area contributed by atoms with Crippen molar-refractivity contribution in [3.8, 4) is 28.4 Å². The van der Waals surface area contributed by atoms with E-state index in [1.807, 2.05) is 0 Å². The molecule has 0 spiro atoms. The highest BCUT2D eigenvalue weighted by Gasteiger charge is 2.30. The van der Waals surface area contributed by atoms with E-state index in [0.29, 0.717) is 22.9 Å². The van der Waals surface area contributed by atoms with E-state index in [0.717, 1.165) is 11.1 Å². The quantitative estimate of drug-likeness (QED) is 0.627. The van der Waals surface area contributed by atoms with Gasteiger partial charge in [-0.05, 0) is 53.6 Å². The Kier molecular flexibility index (Phi) is 4.62. The van der Waals surface area contributed by atoms with E-state index < -0.39 is 6.36 Å². The van der Waals surface area contributed by atoms with Gasteiger partial charge in [0.25, 0.3) is 0 Å². The zero-order valence-corrected chi connectivity index (χ0v) is 13.5. The molecule has 0 aliphatic carbocycles. The van der Waals surface area contributed by atoms with Gasteiger partial charge in [-0.1, -0.05) is 24.3 Å². The van der Waals surface area contributed by atoms with Gasteiger partial charge in [-0.2, -0.15) is 0 Å². The van der Waals surface area contributed by atoms with Gasteiger partial charge in [0, 0.05) is 5.69 Å². The third-order valence-electron chi connectivity index (χ3n) is 3.54. The Morgan fingerprint density at radius 1 is 0.692 bits per heavy atom. The van der Waals surface area contributed by atoms with Crippen LogP contribution in [0, 0.1) is 0 Å². The second kappa shape index (κ2) is 6.87. The Hall–Kier alpha value is -3.35. The number of benzene rings is 3. The summed E-state index contributed by atoms with van der Waals surface area (Å²) in [6.45, 7) is 0. The average molecular weight is 360 g/mol. The zero-order chi connectivity index (χ0) is 18.7. The molecule has 0 radical (unpaired) electrons. The summed E-state index contributed by atoms with van der Waals surface area (Å²) < 4.78 is 46.1. The Bertz CT molecular complexity index is 892. The third-order valence-corrected chi connectivity index (χ3v) is 3.54. The molecule has 3 rings (SSSR count). The van der Waals surface area contributed by atoms with Crippen LogP contribution in [0.15, 0.2) is 66.7 Å². The summed E-state index contributed by atoms with van der Waals surface area (Å²) in [5.74, 6) is 0.794. The van der Waals surface area contributed by atoms with Crippen LogP contribution >= 0.6 is 0 Å². The molecule has 0 aromatic heterocycles. The normalized spacial score (nSPS) is 11.2. The Morgan fingerprint density at radius 2 is 1.23 bits per heavy atom. The van der Waals surface area contributed by atoms with Crippen LogP contribution in [0.2, 0.25) is 0 Å². The second-order valence-corrected chi connectivity index (χ2v) is 5.50. The van der Waals surface area contributed by atoms with Crippen molar-refractivity contribution in [1.82, 2.24) is 0 Å². The van der Waals surface area contributed by atoms with E-state index in [9.17, 15) is 13.2 Å². The van der Waals surface area contributed by atoms with Gasteiger partial charge < -0.3 is 20.9 Å². The van der Waals surface area contributed by atoms with Crippen LogP contribution in [-0.2, 0) is 0 Å². The van der Waals surface area contributed by atoms with Crippen molar-refractivity contribution < 1.29 is 22.6 Å². The van der Waals surface area contributed by atoms with Gasteiger partial charge in [-0.15, -0.1) is 13.2 Å². The highest BCUT2D eigenvalue weighted by molar-refractivity contribution is 5.66. The molecule has 0 amide bonds. The molecule has 0 unspecified atom stereocenters. The van der Waals surface area contributed by atoms with E-state index in [4.69, 9.17) is 16.2 Å². The number of halogens is 3. The molecule has 0 atom stereocenters. The summed E-state index contributed by atoms with van der Waals surface area (Å²) >= 11 is 0. The lowest BCUT2D eigenvalue weighted by Gasteiger charge is -2.11. The summed E-state index contributed by atoms with van der Waals surface area (Å²) in [5, 5.41) is 0. The summed E-state index contributed by atoms with van der Waals surface area (Å²) in [7, 11) is 0. The molecule has 4 N–H and O–H groups in total.